The predicted octanol–water partition coefficient (Wildman–Crippen LogP) is 9.05. The summed E-state index contributed by atoms with van der Waals surface area (Å²) in [5.74, 6) is 0.127. The van der Waals surface area contributed by atoms with Crippen LogP contribution in [0.5, 0.6) is 0 Å². The van der Waals surface area contributed by atoms with Crippen molar-refractivity contribution in [1.29, 1.82) is 0 Å². The Hall–Kier alpha value is -5.62. The van der Waals surface area contributed by atoms with Crippen molar-refractivity contribution >= 4 is 59.6 Å². The van der Waals surface area contributed by atoms with Crippen LogP contribution in [0.2, 0.25) is 0 Å². The highest BCUT2D eigenvalue weighted by atomic mass is 32.2. The number of rotatable bonds is 21. The molecule has 66 heavy (non-hydrogen) atoms. The first kappa shape index (κ1) is 48.3. The summed E-state index contributed by atoms with van der Waals surface area (Å²) in [5, 5.41) is 29.8. The molecule has 18 heteroatoms. The second-order valence-electron chi connectivity index (χ2n) is 19.5. The number of sulfonamides is 2. The normalized spacial score (nSPS) is 14.8. The number of aliphatic hydroxyl groups is 1. The summed E-state index contributed by atoms with van der Waals surface area (Å²) < 4.78 is 59.3. The lowest BCUT2D eigenvalue weighted by Gasteiger charge is -2.25. The van der Waals surface area contributed by atoms with Crippen LogP contribution in [-0.2, 0) is 35.7 Å². The summed E-state index contributed by atoms with van der Waals surface area (Å²) in [6, 6.07) is 13.6. The minimum Gasteiger partial charge on any atom is -0.506 e. The Bertz CT molecular complexity index is 3030. The van der Waals surface area contributed by atoms with Crippen LogP contribution in [0.15, 0.2) is 54.3 Å². The third kappa shape index (κ3) is 10.6. The SMILES string of the molecule is CCCCCCCCS(=O)(=O)Nc1ccc(-c2nc3c(=C4C(=O)C(c5c(C(C)(C)C)[nH]n6nc(-c7ccc(NS(=O)(=O)CCCCCCCC)cc7)nc56)=C4O)c(C(C)(C)C)nn3n2)cc1. The van der Waals surface area contributed by atoms with E-state index in [1.165, 1.54) is 9.26 Å². The van der Waals surface area contributed by atoms with Gasteiger partial charge in [-0.1, -0.05) is 120 Å². The van der Waals surface area contributed by atoms with Gasteiger partial charge in [-0.05, 0) is 61.4 Å². The number of aliphatic hydroxyl groups excluding tert-OH is 1. The first-order valence-corrected chi connectivity index (χ1v) is 26.5. The lowest BCUT2D eigenvalue weighted by molar-refractivity contribution is -0.109. The number of nitrogens with one attached hydrogen (secondary N) is 3. The lowest BCUT2D eigenvalue weighted by Crippen LogP contribution is -2.32. The van der Waals surface area contributed by atoms with E-state index in [1.807, 2.05) is 41.5 Å². The topological polar surface area (TPSA) is 219 Å². The van der Waals surface area contributed by atoms with Gasteiger partial charge in [0, 0.05) is 33.3 Å². The van der Waals surface area contributed by atoms with Crippen LogP contribution < -0.4 is 14.7 Å². The number of benzene rings is 2. The van der Waals surface area contributed by atoms with Crippen molar-refractivity contribution < 1.29 is 26.7 Å². The maximum Gasteiger partial charge on any atom is 0.232 e. The molecular weight excluding hydrogens is 877 g/mol. The molecule has 0 saturated carbocycles. The number of aromatic amines is 1. The van der Waals surface area contributed by atoms with Crippen LogP contribution in [0, 0.1) is 0 Å². The van der Waals surface area contributed by atoms with E-state index < -0.39 is 36.7 Å². The fraction of sp³-hybridized carbons (Fsp3) is 0.500. The van der Waals surface area contributed by atoms with Gasteiger partial charge in [-0.2, -0.15) is 9.73 Å². The van der Waals surface area contributed by atoms with Crippen LogP contribution in [0.1, 0.15) is 149 Å². The van der Waals surface area contributed by atoms with E-state index in [9.17, 15) is 26.7 Å². The highest BCUT2D eigenvalue weighted by Gasteiger charge is 2.43. The Morgan fingerprint density at radius 2 is 1.08 bits per heavy atom. The van der Waals surface area contributed by atoms with Crippen molar-refractivity contribution in [2.24, 2.45) is 0 Å². The van der Waals surface area contributed by atoms with Crippen LogP contribution in [0.3, 0.4) is 0 Å². The fourth-order valence-corrected chi connectivity index (χ4v) is 10.6. The molecule has 1 aliphatic carbocycles. The van der Waals surface area contributed by atoms with Gasteiger partial charge in [-0.3, -0.25) is 19.3 Å². The van der Waals surface area contributed by atoms with E-state index in [4.69, 9.17) is 20.2 Å². The standard InChI is InChI=1S/C48H64N10O6S2/c1-9-11-13-15-17-19-29-65(61,62)55-33-25-21-31(22-26-33)43-49-45-37(41(47(3,4)5)51-57(45)53-43)35-39(59)36(40(35)60)38-42(48(6,7)8)52-58-46(38)50-44(54-58)32-23-27-34(28-24-32)56-66(63,64)30-20-18-16-14-12-10-2/h21-28,51,55-56,59H,9-20,29-30H2,1-8H3. The van der Waals surface area contributed by atoms with Crippen molar-refractivity contribution in [2.45, 2.75) is 143 Å². The third-order valence-corrected chi connectivity index (χ3v) is 14.5. The number of hydrogen-bond acceptors (Lipinski definition) is 11. The van der Waals surface area contributed by atoms with E-state index in [1.54, 1.807) is 48.5 Å². The Kier molecular flexibility index (Phi) is 14.1. The average Bonchev–Trinajstić information content (AvgIpc) is 4.02. The Morgan fingerprint density at radius 3 is 1.55 bits per heavy atom. The summed E-state index contributed by atoms with van der Waals surface area (Å²) in [6.45, 7) is 16.1. The first-order chi connectivity index (χ1) is 31.2. The van der Waals surface area contributed by atoms with Gasteiger partial charge in [0.2, 0.25) is 25.8 Å². The number of aromatic nitrogens is 8. The highest BCUT2D eigenvalue weighted by Crippen LogP contribution is 2.43. The maximum absolute atomic E-state index is 14.6. The van der Waals surface area contributed by atoms with Gasteiger partial charge in [-0.25, -0.2) is 26.8 Å². The summed E-state index contributed by atoms with van der Waals surface area (Å²) in [4.78, 5) is 24.3. The van der Waals surface area contributed by atoms with Gasteiger partial charge < -0.3 is 5.11 Å². The van der Waals surface area contributed by atoms with Gasteiger partial charge in [-0.15, -0.1) is 14.8 Å². The molecule has 0 bridgehead atoms. The number of hydrogen-bond donors (Lipinski definition) is 4. The van der Waals surface area contributed by atoms with E-state index in [-0.39, 0.29) is 28.4 Å². The van der Waals surface area contributed by atoms with Crippen LogP contribution in [-0.4, -0.2) is 78.9 Å². The molecule has 7 rings (SSSR count). The molecule has 0 amide bonds. The Morgan fingerprint density at radius 1 is 0.606 bits per heavy atom. The summed E-state index contributed by atoms with van der Waals surface area (Å²) in [6.07, 6.45) is 11.8. The molecule has 1 aliphatic rings. The van der Waals surface area contributed by atoms with Crippen LogP contribution in [0.4, 0.5) is 11.4 Å². The Balaban J connectivity index is 1.17. The molecule has 0 saturated heterocycles. The number of unbranched alkanes of at least 4 members (excludes halogenated alkanes) is 10. The lowest BCUT2D eigenvalue weighted by atomic mass is 9.77. The molecule has 0 unspecified atom stereocenters. The van der Waals surface area contributed by atoms with Gasteiger partial charge in [0.15, 0.2) is 22.9 Å². The number of Topliss-reactive ketones (excluding diaryl/α,β-unsaturated/α-hetero) is 1. The van der Waals surface area contributed by atoms with Gasteiger partial charge >= 0.3 is 0 Å². The summed E-state index contributed by atoms with van der Waals surface area (Å²) >= 11 is 0. The molecule has 16 nitrogen and oxygen atoms in total. The highest BCUT2D eigenvalue weighted by molar-refractivity contribution is 7.92. The zero-order chi connectivity index (χ0) is 47.6. The molecule has 0 spiro atoms. The minimum absolute atomic E-state index is 0.0548. The number of allylic oxidation sites excluding steroid dienone is 2. The van der Waals surface area contributed by atoms with E-state index in [0.717, 1.165) is 64.2 Å². The second kappa shape index (κ2) is 19.3. The van der Waals surface area contributed by atoms with E-state index >= 15 is 0 Å². The molecule has 6 aromatic rings. The van der Waals surface area contributed by atoms with Crippen molar-refractivity contribution in [2.75, 3.05) is 20.9 Å². The molecular formula is C48H64N10O6S2. The van der Waals surface area contributed by atoms with Crippen LogP contribution in [0.25, 0.3) is 45.2 Å². The van der Waals surface area contributed by atoms with Crippen molar-refractivity contribution in [3.05, 3.63) is 76.5 Å². The molecule has 4 aromatic heterocycles. The van der Waals surface area contributed by atoms with Crippen molar-refractivity contribution in [3.8, 4) is 22.8 Å². The van der Waals surface area contributed by atoms with Crippen LogP contribution >= 0.6 is 0 Å². The molecule has 354 valence electrons. The van der Waals surface area contributed by atoms with Gasteiger partial charge in [0.25, 0.3) is 0 Å². The monoisotopic (exact) mass is 940 g/mol. The number of carbonyl (C=O) groups excluding carboxylic acids is 1. The average molecular weight is 941 g/mol. The summed E-state index contributed by atoms with van der Waals surface area (Å²) in [5.41, 5.74) is 3.40. The molecule has 4 heterocycles. The molecule has 0 atom stereocenters. The maximum atomic E-state index is 14.6. The third-order valence-electron chi connectivity index (χ3n) is 11.8. The zero-order valence-electron chi connectivity index (χ0n) is 39.5. The predicted molar refractivity (Wildman–Crippen MR) is 261 cm³/mol. The number of fused-ring (bicyclic) bond motifs is 2. The Labute approximate surface area is 387 Å². The second-order valence-corrected chi connectivity index (χ2v) is 23.1. The first-order valence-electron chi connectivity index (χ1n) is 23.2. The van der Waals surface area contributed by atoms with Crippen molar-refractivity contribution in [3.63, 3.8) is 0 Å². The largest absolute Gasteiger partial charge is 0.506 e. The minimum atomic E-state index is -3.51. The molecule has 4 N–H and O–H groups in total. The molecule has 0 fully saturated rings. The number of H-pyrrole nitrogens is 1. The van der Waals surface area contributed by atoms with Crippen molar-refractivity contribution in [1.82, 2.24) is 39.6 Å². The molecule has 0 aliphatic heterocycles. The number of anilines is 2. The zero-order valence-corrected chi connectivity index (χ0v) is 41.1. The van der Waals surface area contributed by atoms with E-state index in [0.29, 0.717) is 80.5 Å². The quantitative estimate of drug-likeness (QED) is 0.0499. The molecule has 0 radical (unpaired) electrons. The smallest absolute Gasteiger partial charge is 0.232 e. The molecule has 2 aromatic carbocycles. The van der Waals surface area contributed by atoms with Gasteiger partial charge in [0.05, 0.1) is 44.8 Å². The van der Waals surface area contributed by atoms with Gasteiger partial charge in [0.1, 0.15) is 5.76 Å². The number of carbonyl (C=O) groups is 1. The van der Waals surface area contributed by atoms with E-state index in [2.05, 4.69) is 33.5 Å². The fourth-order valence-electron chi connectivity index (χ4n) is 8.23. The number of ketones is 1. The number of nitrogens with zero attached hydrogens (tertiary/aromatic N) is 7. The summed E-state index contributed by atoms with van der Waals surface area (Å²) in [7, 11) is -7.02.